The molecule has 1 amide bonds. The lowest BCUT2D eigenvalue weighted by atomic mass is 10.1. The molecule has 1 unspecified atom stereocenters. The topological polar surface area (TPSA) is 89.7 Å². The van der Waals surface area contributed by atoms with Crippen LogP contribution in [0.1, 0.15) is 23.7 Å². The monoisotopic (exact) mass is 312 g/mol. The van der Waals surface area contributed by atoms with Crippen LogP contribution in [0.3, 0.4) is 0 Å². The van der Waals surface area contributed by atoms with Crippen molar-refractivity contribution in [1.82, 2.24) is 4.90 Å². The van der Waals surface area contributed by atoms with Crippen molar-refractivity contribution in [2.45, 2.75) is 19.4 Å². The van der Waals surface area contributed by atoms with Crippen LogP contribution in [0.15, 0.2) is 18.2 Å². The quantitative estimate of drug-likeness (QED) is 0.835. The Kier molecular flexibility index (Phi) is 4.41. The second kappa shape index (κ2) is 5.93. The Balaban J connectivity index is 2.31. The highest BCUT2D eigenvalue weighted by atomic mass is 32.2. The second-order valence-electron chi connectivity index (χ2n) is 5.08. The van der Waals surface area contributed by atoms with Crippen LogP contribution in [0.25, 0.3) is 0 Å². The number of sulfone groups is 1. The van der Waals surface area contributed by atoms with E-state index in [2.05, 4.69) is 0 Å². The summed E-state index contributed by atoms with van der Waals surface area (Å²) in [5, 5.41) is 0. The Bertz CT molecular complexity index is 642. The lowest BCUT2D eigenvalue weighted by Gasteiger charge is -2.27. The highest BCUT2D eigenvalue weighted by Crippen LogP contribution is 2.28. The molecule has 0 aliphatic carbocycles. The first-order valence-corrected chi connectivity index (χ1v) is 8.65. The molecule has 0 saturated carbocycles. The molecule has 1 aliphatic heterocycles. The number of rotatable bonds is 4. The maximum absolute atomic E-state index is 12.7. The summed E-state index contributed by atoms with van der Waals surface area (Å²) in [5.74, 6) is 0.248. The van der Waals surface area contributed by atoms with Crippen molar-refractivity contribution in [2.75, 3.05) is 30.9 Å². The Morgan fingerprint density at radius 1 is 1.48 bits per heavy atom. The minimum absolute atomic E-state index is 0.0250. The summed E-state index contributed by atoms with van der Waals surface area (Å²) >= 11 is 0. The summed E-state index contributed by atoms with van der Waals surface area (Å²) in [6.45, 7) is 2.28. The number of nitrogen functional groups attached to an aromatic ring is 1. The van der Waals surface area contributed by atoms with Gasteiger partial charge in [0, 0.05) is 12.6 Å². The molecule has 2 rings (SSSR count). The Hall–Kier alpha value is -1.76. The molecule has 0 aromatic heterocycles. The number of para-hydroxylation sites is 1. The van der Waals surface area contributed by atoms with Gasteiger partial charge in [-0.3, -0.25) is 4.79 Å². The zero-order valence-corrected chi connectivity index (χ0v) is 13.0. The van der Waals surface area contributed by atoms with Gasteiger partial charge >= 0.3 is 0 Å². The number of amides is 1. The van der Waals surface area contributed by atoms with Crippen LogP contribution in [0.5, 0.6) is 5.75 Å². The molecule has 1 saturated heterocycles. The SMILES string of the molecule is CCN(C(=O)c1cccc(N)c1OC)C1CCS(=O)(=O)C1. The number of methoxy groups -OCH3 is 1. The van der Waals surface area contributed by atoms with Crippen LogP contribution >= 0.6 is 0 Å². The van der Waals surface area contributed by atoms with Crippen LogP contribution in [0, 0.1) is 0 Å². The second-order valence-corrected chi connectivity index (χ2v) is 7.30. The zero-order chi connectivity index (χ0) is 15.6. The van der Waals surface area contributed by atoms with Crippen molar-refractivity contribution in [2.24, 2.45) is 0 Å². The van der Waals surface area contributed by atoms with E-state index in [1.165, 1.54) is 7.11 Å². The van der Waals surface area contributed by atoms with Gasteiger partial charge in [0.2, 0.25) is 0 Å². The molecule has 1 aliphatic rings. The molecule has 6 nitrogen and oxygen atoms in total. The maximum atomic E-state index is 12.7. The van der Waals surface area contributed by atoms with E-state index in [0.29, 0.717) is 30.0 Å². The van der Waals surface area contributed by atoms with Gasteiger partial charge in [0.1, 0.15) is 0 Å². The minimum atomic E-state index is -3.04. The first-order valence-electron chi connectivity index (χ1n) is 6.83. The van der Waals surface area contributed by atoms with E-state index in [-0.39, 0.29) is 23.5 Å². The molecule has 0 radical (unpaired) electrons. The molecular formula is C14H20N2O4S. The largest absolute Gasteiger partial charge is 0.494 e. The van der Waals surface area contributed by atoms with E-state index < -0.39 is 9.84 Å². The smallest absolute Gasteiger partial charge is 0.257 e. The predicted molar refractivity (Wildman–Crippen MR) is 81.2 cm³/mol. The Morgan fingerprint density at radius 2 is 2.19 bits per heavy atom. The highest BCUT2D eigenvalue weighted by Gasteiger charge is 2.35. The Labute approximate surface area is 124 Å². The normalized spacial score (nSPS) is 20.2. The molecule has 21 heavy (non-hydrogen) atoms. The Morgan fingerprint density at radius 3 is 2.71 bits per heavy atom. The third-order valence-corrected chi connectivity index (χ3v) is 5.48. The van der Waals surface area contributed by atoms with Crippen LogP contribution in [-0.2, 0) is 9.84 Å². The zero-order valence-electron chi connectivity index (χ0n) is 12.2. The molecule has 1 heterocycles. The fourth-order valence-corrected chi connectivity index (χ4v) is 4.43. The molecule has 1 fully saturated rings. The fourth-order valence-electron chi connectivity index (χ4n) is 2.69. The van der Waals surface area contributed by atoms with Gasteiger partial charge < -0.3 is 15.4 Å². The van der Waals surface area contributed by atoms with Crippen molar-refractivity contribution in [3.63, 3.8) is 0 Å². The van der Waals surface area contributed by atoms with Crippen molar-refractivity contribution < 1.29 is 17.9 Å². The molecule has 1 atom stereocenters. The van der Waals surface area contributed by atoms with Crippen LogP contribution in [-0.4, -0.2) is 50.4 Å². The average Bonchev–Trinajstić information content (AvgIpc) is 2.79. The molecule has 116 valence electrons. The highest BCUT2D eigenvalue weighted by molar-refractivity contribution is 7.91. The lowest BCUT2D eigenvalue weighted by Crippen LogP contribution is -2.41. The van der Waals surface area contributed by atoms with Crippen molar-refractivity contribution in [3.05, 3.63) is 23.8 Å². The van der Waals surface area contributed by atoms with Gasteiger partial charge in [-0.05, 0) is 25.5 Å². The van der Waals surface area contributed by atoms with E-state index in [1.54, 1.807) is 23.1 Å². The summed E-state index contributed by atoms with van der Waals surface area (Å²) in [6, 6.07) is 4.71. The summed E-state index contributed by atoms with van der Waals surface area (Å²) in [5.41, 5.74) is 6.57. The van der Waals surface area contributed by atoms with E-state index in [0.717, 1.165) is 0 Å². The van der Waals surface area contributed by atoms with Gasteiger partial charge in [-0.1, -0.05) is 6.07 Å². The minimum Gasteiger partial charge on any atom is -0.494 e. The van der Waals surface area contributed by atoms with E-state index in [9.17, 15) is 13.2 Å². The number of nitrogens with two attached hydrogens (primary N) is 1. The first-order chi connectivity index (χ1) is 9.89. The summed E-state index contributed by atoms with van der Waals surface area (Å²) in [6.07, 6.45) is 0.479. The number of nitrogens with zero attached hydrogens (tertiary/aromatic N) is 1. The van der Waals surface area contributed by atoms with Gasteiger partial charge in [-0.25, -0.2) is 8.42 Å². The number of carbonyl (C=O) groups is 1. The van der Waals surface area contributed by atoms with Gasteiger partial charge in [0.05, 0.1) is 29.9 Å². The molecule has 2 N–H and O–H groups in total. The summed E-state index contributed by atoms with van der Waals surface area (Å²) < 4.78 is 28.4. The standard InChI is InChI=1S/C14H20N2O4S/c1-3-16(10-7-8-21(18,19)9-10)14(17)11-5-4-6-12(15)13(11)20-2/h4-6,10H,3,7-9,15H2,1-2H3. The van der Waals surface area contributed by atoms with Crippen molar-refractivity contribution >= 4 is 21.4 Å². The van der Waals surface area contributed by atoms with Crippen LogP contribution < -0.4 is 10.5 Å². The number of anilines is 1. The predicted octanol–water partition coefficient (Wildman–Crippen LogP) is 0.927. The van der Waals surface area contributed by atoms with Crippen LogP contribution in [0.2, 0.25) is 0 Å². The van der Waals surface area contributed by atoms with Crippen LogP contribution in [0.4, 0.5) is 5.69 Å². The molecule has 0 spiro atoms. The first kappa shape index (κ1) is 15.6. The molecular weight excluding hydrogens is 292 g/mol. The van der Waals surface area contributed by atoms with Crippen molar-refractivity contribution in [1.29, 1.82) is 0 Å². The third kappa shape index (κ3) is 3.12. The maximum Gasteiger partial charge on any atom is 0.257 e. The number of hydrogen-bond acceptors (Lipinski definition) is 5. The number of carbonyl (C=O) groups excluding carboxylic acids is 1. The van der Waals surface area contributed by atoms with Gasteiger partial charge in [-0.15, -0.1) is 0 Å². The van der Waals surface area contributed by atoms with Gasteiger partial charge in [0.25, 0.3) is 5.91 Å². The summed E-state index contributed by atoms with van der Waals surface area (Å²) in [4.78, 5) is 14.3. The van der Waals surface area contributed by atoms with Gasteiger partial charge in [0.15, 0.2) is 15.6 Å². The van der Waals surface area contributed by atoms with E-state index in [1.807, 2.05) is 6.92 Å². The third-order valence-electron chi connectivity index (χ3n) is 3.73. The van der Waals surface area contributed by atoms with Crippen molar-refractivity contribution in [3.8, 4) is 5.75 Å². The molecule has 1 aromatic rings. The molecule has 7 heteroatoms. The molecule has 1 aromatic carbocycles. The lowest BCUT2D eigenvalue weighted by molar-refractivity contribution is 0.0705. The average molecular weight is 312 g/mol. The number of ether oxygens (including phenoxy) is 1. The van der Waals surface area contributed by atoms with Gasteiger partial charge in [-0.2, -0.15) is 0 Å². The number of hydrogen-bond donors (Lipinski definition) is 1. The molecule has 0 bridgehead atoms. The van der Waals surface area contributed by atoms with E-state index in [4.69, 9.17) is 10.5 Å². The van der Waals surface area contributed by atoms with E-state index >= 15 is 0 Å². The number of benzene rings is 1. The summed E-state index contributed by atoms with van der Waals surface area (Å²) in [7, 11) is -1.58. The fraction of sp³-hybridized carbons (Fsp3) is 0.500.